The van der Waals surface area contributed by atoms with Crippen molar-refractivity contribution in [2.75, 3.05) is 25.1 Å². The predicted molar refractivity (Wildman–Crippen MR) is 142 cm³/mol. The van der Waals surface area contributed by atoms with E-state index in [0.717, 1.165) is 67.4 Å². The van der Waals surface area contributed by atoms with E-state index in [4.69, 9.17) is 9.73 Å². The van der Waals surface area contributed by atoms with Gasteiger partial charge in [0.15, 0.2) is 5.17 Å². The second kappa shape index (κ2) is 9.72. The standard InChI is InChI=1S/C26H26N4O2S2/c1-4-6-15-30-24(31)23(25-29(5-2)21-16-17(32-3)12-13-22(21)33-25)34-26(30)28-20-11-7-10-19-18(20)9-8-14-27-19/h7-14,16H,4-6,15H2,1-3H3/b25-23-,28-26?. The van der Waals surface area contributed by atoms with Gasteiger partial charge < -0.3 is 9.64 Å². The van der Waals surface area contributed by atoms with Crippen LogP contribution in [-0.2, 0) is 4.79 Å². The Hall–Kier alpha value is -2.97. The molecule has 3 heterocycles. The number of unbranched alkanes of at least 4 members (excludes halogenated alkanes) is 1. The van der Waals surface area contributed by atoms with E-state index in [9.17, 15) is 4.79 Å². The normalized spacial score (nSPS) is 18.9. The van der Waals surface area contributed by atoms with Gasteiger partial charge in [-0.3, -0.25) is 14.7 Å². The summed E-state index contributed by atoms with van der Waals surface area (Å²) in [6.45, 7) is 5.65. The van der Waals surface area contributed by atoms with E-state index in [1.165, 1.54) is 11.8 Å². The highest BCUT2D eigenvalue weighted by atomic mass is 32.2. The zero-order valence-corrected chi connectivity index (χ0v) is 21.1. The molecular formula is C26H26N4O2S2. The molecule has 0 radical (unpaired) electrons. The van der Waals surface area contributed by atoms with Crippen LogP contribution < -0.4 is 9.64 Å². The molecular weight excluding hydrogens is 464 g/mol. The SMILES string of the molecule is CCCCN1C(=O)/C(=C2/Sc3ccc(OC)cc3N2CC)SC1=Nc1cccc2ncccc12. The van der Waals surface area contributed by atoms with Crippen LogP contribution in [0.15, 0.2) is 74.5 Å². The molecule has 0 atom stereocenters. The second-order valence-electron chi connectivity index (χ2n) is 7.97. The Morgan fingerprint density at radius 2 is 1.94 bits per heavy atom. The summed E-state index contributed by atoms with van der Waals surface area (Å²) >= 11 is 3.11. The number of hydrogen-bond donors (Lipinski definition) is 0. The van der Waals surface area contributed by atoms with Crippen LogP contribution in [0.2, 0.25) is 0 Å². The molecule has 1 aromatic heterocycles. The summed E-state index contributed by atoms with van der Waals surface area (Å²) in [6, 6.07) is 15.9. The number of nitrogens with zero attached hydrogens (tertiary/aromatic N) is 4. The van der Waals surface area contributed by atoms with Crippen LogP contribution in [0, 0.1) is 0 Å². The molecule has 34 heavy (non-hydrogen) atoms. The smallest absolute Gasteiger partial charge is 0.269 e. The van der Waals surface area contributed by atoms with Gasteiger partial charge >= 0.3 is 0 Å². The maximum Gasteiger partial charge on any atom is 0.269 e. The number of carbonyl (C=O) groups excluding carboxylic acids is 1. The van der Waals surface area contributed by atoms with E-state index in [2.05, 4.69) is 29.8 Å². The van der Waals surface area contributed by atoms with Crippen molar-refractivity contribution in [1.82, 2.24) is 9.88 Å². The third-order valence-electron chi connectivity index (χ3n) is 5.86. The Bertz CT molecular complexity index is 1320. The fraction of sp³-hybridized carbons (Fsp3) is 0.269. The molecule has 0 bridgehead atoms. The van der Waals surface area contributed by atoms with Gasteiger partial charge in [0.2, 0.25) is 0 Å². The predicted octanol–water partition coefficient (Wildman–Crippen LogP) is 6.41. The lowest BCUT2D eigenvalue weighted by molar-refractivity contribution is -0.122. The summed E-state index contributed by atoms with van der Waals surface area (Å²) in [5.41, 5.74) is 2.80. The van der Waals surface area contributed by atoms with Crippen LogP contribution >= 0.6 is 23.5 Å². The van der Waals surface area contributed by atoms with Crippen LogP contribution in [0.3, 0.4) is 0 Å². The third kappa shape index (κ3) is 4.05. The largest absolute Gasteiger partial charge is 0.497 e. The average Bonchev–Trinajstić information content (AvgIpc) is 3.38. The number of fused-ring (bicyclic) bond motifs is 2. The number of benzene rings is 2. The molecule has 1 amide bonds. The van der Waals surface area contributed by atoms with Gasteiger partial charge in [-0.05, 0) is 61.5 Å². The van der Waals surface area contributed by atoms with E-state index in [0.29, 0.717) is 6.54 Å². The molecule has 8 heteroatoms. The van der Waals surface area contributed by atoms with Crippen LogP contribution in [0.1, 0.15) is 26.7 Å². The lowest BCUT2D eigenvalue weighted by Gasteiger charge is -2.19. The summed E-state index contributed by atoms with van der Waals surface area (Å²) in [6.07, 6.45) is 3.71. The first-order valence-corrected chi connectivity index (χ1v) is 13.1. The van der Waals surface area contributed by atoms with Gasteiger partial charge in [-0.25, -0.2) is 4.99 Å². The second-order valence-corrected chi connectivity index (χ2v) is 9.98. The molecule has 5 rings (SSSR count). The van der Waals surface area contributed by atoms with Crippen molar-refractivity contribution in [3.05, 3.63) is 64.7 Å². The monoisotopic (exact) mass is 490 g/mol. The van der Waals surface area contributed by atoms with Gasteiger partial charge in [-0.2, -0.15) is 0 Å². The summed E-state index contributed by atoms with van der Waals surface area (Å²) in [5, 5.41) is 2.67. The number of aliphatic imine (C=N–C) groups is 1. The number of rotatable bonds is 6. The number of anilines is 1. The van der Waals surface area contributed by atoms with Crippen LogP contribution in [0.4, 0.5) is 11.4 Å². The molecule has 2 aliphatic heterocycles. The zero-order chi connectivity index (χ0) is 23.7. The molecule has 1 saturated heterocycles. The molecule has 174 valence electrons. The van der Waals surface area contributed by atoms with Crippen molar-refractivity contribution in [3.63, 3.8) is 0 Å². The summed E-state index contributed by atoms with van der Waals surface area (Å²) < 4.78 is 5.44. The topological polar surface area (TPSA) is 58.0 Å². The molecule has 1 fully saturated rings. The number of methoxy groups -OCH3 is 1. The van der Waals surface area contributed by atoms with Crippen molar-refractivity contribution in [2.45, 2.75) is 31.6 Å². The minimum absolute atomic E-state index is 0.0243. The summed E-state index contributed by atoms with van der Waals surface area (Å²) in [7, 11) is 1.67. The lowest BCUT2D eigenvalue weighted by atomic mass is 10.2. The van der Waals surface area contributed by atoms with Crippen LogP contribution in [0.25, 0.3) is 10.9 Å². The van der Waals surface area contributed by atoms with Gasteiger partial charge in [-0.1, -0.05) is 31.2 Å². The number of pyridine rings is 1. The van der Waals surface area contributed by atoms with Crippen molar-refractivity contribution in [3.8, 4) is 5.75 Å². The fourth-order valence-corrected chi connectivity index (χ4v) is 6.48. The summed E-state index contributed by atoms with van der Waals surface area (Å²) in [4.78, 5) is 29.0. The Morgan fingerprint density at radius 1 is 1.06 bits per heavy atom. The molecule has 0 N–H and O–H groups in total. The number of aromatic nitrogens is 1. The quantitative estimate of drug-likeness (QED) is 0.372. The van der Waals surface area contributed by atoms with Gasteiger partial charge in [0, 0.05) is 35.6 Å². The van der Waals surface area contributed by atoms with Gasteiger partial charge in [0.25, 0.3) is 5.91 Å². The van der Waals surface area contributed by atoms with Crippen LogP contribution in [0.5, 0.6) is 5.75 Å². The Kier molecular flexibility index (Phi) is 6.52. The Morgan fingerprint density at radius 3 is 2.74 bits per heavy atom. The fourth-order valence-electron chi connectivity index (χ4n) is 4.09. The first-order valence-electron chi connectivity index (χ1n) is 11.4. The number of ether oxygens (including phenoxy) is 1. The number of thioether (sulfide) groups is 2. The minimum Gasteiger partial charge on any atom is -0.497 e. The van der Waals surface area contributed by atoms with E-state index >= 15 is 0 Å². The molecule has 0 saturated carbocycles. The molecule has 6 nitrogen and oxygen atoms in total. The number of amidine groups is 1. The lowest BCUT2D eigenvalue weighted by Crippen LogP contribution is -2.30. The van der Waals surface area contributed by atoms with E-state index < -0.39 is 0 Å². The van der Waals surface area contributed by atoms with E-state index in [1.807, 2.05) is 47.4 Å². The van der Waals surface area contributed by atoms with Gasteiger partial charge in [0.1, 0.15) is 15.7 Å². The molecule has 0 aliphatic carbocycles. The van der Waals surface area contributed by atoms with Gasteiger partial charge in [-0.15, -0.1) is 0 Å². The molecule has 2 aromatic carbocycles. The maximum atomic E-state index is 13.7. The van der Waals surface area contributed by atoms with Crippen molar-refractivity contribution in [2.24, 2.45) is 4.99 Å². The Labute approximate surface area is 208 Å². The number of amides is 1. The summed E-state index contributed by atoms with van der Waals surface area (Å²) in [5.74, 6) is 0.835. The first kappa shape index (κ1) is 22.8. The van der Waals surface area contributed by atoms with Crippen LogP contribution in [-0.4, -0.2) is 41.2 Å². The van der Waals surface area contributed by atoms with Gasteiger partial charge in [0.05, 0.1) is 24.0 Å². The highest BCUT2D eigenvalue weighted by Gasteiger charge is 2.39. The highest BCUT2D eigenvalue weighted by molar-refractivity contribution is 8.19. The molecule has 0 spiro atoms. The molecule has 3 aromatic rings. The average molecular weight is 491 g/mol. The number of carbonyl (C=O) groups is 1. The van der Waals surface area contributed by atoms with E-state index in [-0.39, 0.29) is 5.91 Å². The van der Waals surface area contributed by atoms with Crippen molar-refractivity contribution >= 4 is 56.9 Å². The van der Waals surface area contributed by atoms with Crippen molar-refractivity contribution < 1.29 is 9.53 Å². The first-order chi connectivity index (χ1) is 16.6. The maximum absolute atomic E-state index is 13.7. The van der Waals surface area contributed by atoms with Crippen molar-refractivity contribution in [1.29, 1.82) is 0 Å². The Balaban J connectivity index is 1.58. The number of hydrogen-bond acceptors (Lipinski definition) is 7. The molecule has 0 unspecified atom stereocenters. The zero-order valence-electron chi connectivity index (χ0n) is 19.4. The molecule has 2 aliphatic rings. The minimum atomic E-state index is 0.0243. The third-order valence-corrected chi connectivity index (χ3v) is 8.24. The van der Waals surface area contributed by atoms with E-state index in [1.54, 1.807) is 25.1 Å². The highest BCUT2D eigenvalue weighted by Crippen LogP contribution is 2.51.